The topological polar surface area (TPSA) is 58.6 Å². The van der Waals surface area contributed by atoms with E-state index in [1.54, 1.807) is 12.3 Å². The maximum atomic E-state index is 9.88. The Hall–Kier alpha value is -2.36. The van der Waals surface area contributed by atoms with Crippen LogP contribution in [-0.4, -0.2) is 16.3 Å². The Bertz CT molecular complexity index is 718. The van der Waals surface area contributed by atoms with E-state index in [0.717, 1.165) is 16.8 Å². The van der Waals surface area contributed by atoms with Gasteiger partial charge < -0.3 is 9.52 Å². The lowest BCUT2D eigenvalue weighted by Gasteiger charge is -2.11. The van der Waals surface area contributed by atoms with Gasteiger partial charge in [-0.2, -0.15) is 0 Å². The van der Waals surface area contributed by atoms with Crippen LogP contribution in [0.4, 0.5) is 5.69 Å². The first-order valence-corrected chi connectivity index (χ1v) is 6.50. The lowest BCUT2D eigenvalue weighted by atomic mass is 9.97. The number of benzene rings is 1. The van der Waals surface area contributed by atoms with Crippen molar-refractivity contribution in [3.05, 3.63) is 41.4 Å². The van der Waals surface area contributed by atoms with E-state index >= 15 is 0 Å². The van der Waals surface area contributed by atoms with Gasteiger partial charge in [-0.25, -0.2) is 4.98 Å². The zero-order chi connectivity index (χ0) is 14.3. The number of oxazole rings is 1. The highest BCUT2D eigenvalue weighted by atomic mass is 16.5. The Balaban J connectivity index is 2.03. The van der Waals surface area contributed by atoms with Crippen molar-refractivity contribution in [1.29, 1.82) is 0 Å². The second kappa shape index (κ2) is 4.34. The van der Waals surface area contributed by atoms with Gasteiger partial charge in [-0.05, 0) is 12.1 Å². The molecule has 1 aromatic carbocycles. The van der Waals surface area contributed by atoms with Crippen molar-refractivity contribution in [2.45, 2.75) is 26.2 Å². The van der Waals surface area contributed by atoms with Crippen molar-refractivity contribution in [2.24, 2.45) is 4.99 Å². The molecule has 102 valence electrons. The van der Waals surface area contributed by atoms with Gasteiger partial charge in [-0.3, -0.25) is 4.99 Å². The van der Waals surface area contributed by atoms with E-state index < -0.39 is 0 Å². The van der Waals surface area contributed by atoms with Crippen LogP contribution in [-0.2, 0) is 5.41 Å². The second-order valence-electron chi connectivity index (χ2n) is 5.83. The summed E-state index contributed by atoms with van der Waals surface area (Å²) in [6, 6.07) is 7.86. The Morgan fingerprint density at radius 1 is 1.20 bits per heavy atom. The standard InChI is InChI=1S/C16H16N2O2/c1-16(2,3)15-18-13(14(19)20-15)8-10-9-17-12-7-5-4-6-11(10)12/h4-9,19H,1-3H3/b10-8+. The van der Waals surface area contributed by atoms with Gasteiger partial charge in [0.05, 0.1) is 5.69 Å². The summed E-state index contributed by atoms with van der Waals surface area (Å²) in [5.41, 5.74) is 3.08. The van der Waals surface area contributed by atoms with Crippen molar-refractivity contribution < 1.29 is 9.52 Å². The van der Waals surface area contributed by atoms with Crippen molar-refractivity contribution in [2.75, 3.05) is 0 Å². The third-order valence-electron chi connectivity index (χ3n) is 3.13. The molecule has 0 fully saturated rings. The van der Waals surface area contributed by atoms with Crippen LogP contribution in [0, 0.1) is 0 Å². The molecular formula is C16H16N2O2. The molecule has 3 rings (SSSR count). The zero-order valence-electron chi connectivity index (χ0n) is 11.7. The lowest BCUT2D eigenvalue weighted by molar-refractivity contribution is 0.290. The number of hydrogen-bond acceptors (Lipinski definition) is 4. The summed E-state index contributed by atoms with van der Waals surface area (Å²) in [6.07, 6.45) is 3.57. The van der Waals surface area contributed by atoms with Gasteiger partial charge in [0.15, 0.2) is 0 Å². The first kappa shape index (κ1) is 12.7. The minimum Gasteiger partial charge on any atom is -0.479 e. The molecule has 2 aromatic rings. The zero-order valence-corrected chi connectivity index (χ0v) is 11.7. The van der Waals surface area contributed by atoms with Gasteiger partial charge in [0.2, 0.25) is 5.89 Å². The lowest BCUT2D eigenvalue weighted by Crippen LogP contribution is -2.11. The second-order valence-corrected chi connectivity index (χ2v) is 5.83. The molecule has 0 saturated heterocycles. The minimum atomic E-state index is -0.240. The summed E-state index contributed by atoms with van der Waals surface area (Å²) >= 11 is 0. The Morgan fingerprint density at radius 3 is 2.65 bits per heavy atom. The van der Waals surface area contributed by atoms with Gasteiger partial charge in [-0.1, -0.05) is 39.0 Å². The smallest absolute Gasteiger partial charge is 0.310 e. The molecule has 0 radical (unpaired) electrons. The molecule has 20 heavy (non-hydrogen) atoms. The van der Waals surface area contributed by atoms with E-state index in [2.05, 4.69) is 9.98 Å². The molecule has 1 aliphatic rings. The van der Waals surface area contributed by atoms with Crippen LogP contribution in [0.1, 0.15) is 37.9 Å². The first-order chi connectivity index (χ1) is 9.45. The number of nitrogens with zero attached hydrogens (tertiary/aromatic N) is 2. The largest absolute Gasteiger partial charge is 0.479 e. The molecule has 2 heterocycles. The number of allylic oxidation sites excluding steroid dienone is 1. The third kappa shape index (κ3) is 2.13. The van der Waals surface area contributed by atoms with E-state index in [4.69, 9.17) is 4.42 Å². The maximum absolute atomic E-state index is 9.88. The minimum absolute atomic E-state index is 0.153. The molecule has 0 amide bonds. The quantitative estimate of drug-likeness (QED) is 0.852. The molecule has 0 bridgehead atoms. The molecular weight excluding hydrogens is 252 g/mol. The van der Waals surface area contributed by atoms with Crippen LogP contribution in [0.2, 0.25) is 0 Å². The van der Waals surface area contributed by atoms with Crippen molar-refractivity contribution in [3.8, 4) is 5.95 Å². The predicted molar refractivity (Wildman–Crippen MR) is 79.3 cm³/mol. The van der Waals surface area contributed by atoms with Gasteiger partial charge in [-0.15, -0.1) is 0 Å². The van der Waals surface area contributed by atoms with Gasteiger partial charge >= 0.3 is 5.95 Å². The van der Waals surface area contributed by atoms with E-state index in [0.29, 0.717) is 11.6 Å². The van der Waals surface area contributed by atoms with Crippen LogP contribution in [0.5, 0.6) is 5.95 Å². The number of rotatable bonds is 1. The van der Waals surface area contributed by atoms with Crippen LogP contribution >= 0.6 is 0 Å². The van der Waals surface area contributed by atoms with Crippen molar-refractivity contribution >= 4 is 23.6 Å². The Kier molecular flexibility index (Phi) is 2.74. The van der Waals surface area contributed by atoms with Gasteiger partial charge in [0, 0.05) is 22.8 Å². The SMILES string of the molecule is CC(C)(C)c1nc(/C=C2\C=Nc3ccccc32)c(O)o1. The summed E-state index contributed by atoms with van der Waals surface area (Å²) in [5, 5.41) is 9.88. The number of hydrogen-bond donors (Lipinski definition) is 1. The highest BCUT2D eigenvalue weighted by Crippen LogP contribution is 2.34. The summed E-state index contributed by atoms with van der Waals surface area (Å²) in [5.74, 6) is 0.366. The molecule has 0 aliphatic carbocycles. The molecule has 0 unspecified atom stereocenters. The van der Waals surface area contributed by atoms with E-state index in [1.807, 2.05) is 45.0 Å². The number of para-hydroxylation sites is 1. The fourth-order valence-corrected chi connectivity index (χ4v) is 2.04. The number of aromatic hydroxyl groups is 1. The predicted octanol–water partition coefficient (Wildman–Crippen LogP) is 3.93. The summed E-state index contributed by atoms with van der Waals surface area (Å²) in [7, 11) is 0. The summed E-state index contributed by atoms with van der Waals surface area (Å²) in [4.78, 5) is 8.69. The average Bonchev–Trinajstić information content (AvgIpc) is 2.95. The number of aliphatic imine (C=N–C) groups is 1. The Labute approximate surface area is 117 Å². The average molecular weight is 268 g/mol. The van der Waals surface area contributed by atoms with E-state index in [-0.39, 0.29) is 11.4 Å². The highest BCUT2D eigenvalue weighted by molar-refractivity contribution is 6.21. The van der Waals surface area contributed by atoms with Crippen molar-refractivity contribution in [1.82, 2.24) is 4.98 Å². The summed E-state index contributed by atoms with van der Waals surface area (Å²) < 4.78 is 5.33. The molecule has 1 N–H and O–H groups in total. The maximum Gasteiger partial charge on any atom is 0.310 e. The van der Waals surface area contributed by atoms with Gasteiger partial charge in [0.25, 0.3) is 0 Å². The Morgan fingerprint density at radius 2 is 1.95 bits per heavy atom. The van der Waals surface area contributed by atoms with Crippen LogP contribution in [0.3, 0.4) is 0 Å². The van der Waals surface area contributed by atoms with E-state index in [9.17, 15) is 5.11 Å². The van der Waals surface area contributed by atoms with Crippen molar-refractivity contribution in [3.63, 3.8) is 0 Å². The molecule has 4 nitrogen and oxygen atoms in total. The van der Waals surface area contributed by atoms with Gasteiger partial charge in [0.1, 0.15) is 5.69 Å². The fraction of sp³-hybridized carbons (Fsp3) is 0.250. The molecule has 0 spiro atoms. The molecule has 0 saturated carbocycles. The molecule has 1 aliphatic heterocycles. The molecule has 1 aromatic heterocycles. The normalized spacial score (nSPS) is 15.8. The summed E-state index contributed by atoms with van der Waals surface area (Å²) in [6.45, 7) is 5.96. The molecule has 0 atom stereocenters. The number of fused-ring (bicyclic) bond motifs is 1. The molecule has 4 heteroatoms. The fourth-order valence-electron chi connectivity index (χ4n) is 2.04. The van der Waals surface area contributed by atoms with E-state index in [1.165, 1.54) is 0 Å². The van der Waals surface area contributed by atoms with Crippen LogP contribution in [0.25, 0.3) is 11.6 Å². The van der Waals surface area contributed by atoms with Crippen LogP contribution in [0.15, 0.2) is 33.7 Å². The third-order valence-corrected chi connectivity index (χ3v) is 3.13. The highest BCUT2D eigenvalue weighted by Gasteiger charge is 2.23. The first-order valence-electron chi connectivity index (χ1n) is 6.50. The monoisotopic (exact) mass is 268 g/mol. The number of aromatic nitrogens is 1. The van der Waals surface area contributed by atoms with Crippen LogP contribution < -0.4 is 0 Å².